The molecule has 0 aliphatic rings. The molecule has 0 radical (unpaired) electrons. The minimum Gasteiger partial charge on any atom is -0.382 e. The van der Waals surface area contributed by atoms with Gasteiger partial charge in [0, 0.05) is 13.2 Å². The Labute approximate surface area is 166 Å². The molecule has 0 bridgehead atoms. The molecule has 148 valence electrons. The van der Waals surface area contributed by atoms with E-state index in [-0.39, 0.29) is 0 Å². The summed E-state index contributed by atoms with van der Waals surface area (Å²) >= 11 is 3.96. The fourth-order valence-corrected chi connectivity index (χ4v) is 4.33. The normalized spacial score (nSPS) is 11.8. The molecule has 1 nitrogen and oxygen atoms in total. The van der Waals surface area contributed by atoms with Crippen molar-refractivity contribution in [2.45, 2.75) is 84.0 Å². The second kappa shape index (κ2) is 22.2. The number of hydrogen-bond donors (Lipinski definition) is 0. The lowest BCUT2D eigenvalue weighted by Gasteiger charge is -2.05. The minimum absolute atomic E-state index is 0.858. The zero-order chi connectivity index (χ0) is 18.4. The largest absolute Gasteiger partial charge is 0.382 e. The van der Waals surface area contributed by atoms with Crippen LogP contribution in [0.25, 0.3) is 0 Å². The van der Waals surface area contributed by atoms with Gasteiger partial charge in [0.1, 0.15) is 0 Å². The molecule has 25 heavy (non-hydrogen) atoms. The lowest BCUT2D eigenvalue weighted by Crippen LogP contribution is -1.95. The first-order valence-electron chi connectivity index (χ1n) is 10.4. The number of thioether (sulfide) groups is 2. The average molecular weight is 387 g/mol. The van der Waals surface area contributed by atoms with E-state index >= 15 is 0 Å². The first-order valence-corrected chi connectivity index (χ1v) is 12.7. The molecular weight excluding hydrogens is 344 g/mol. The molecule has 0 aliphatic carbocycles. The number of ether oxygens (including phenoxy) is 1. The molecular formula is C22H42OS2. The van der Waals surface area contributed by atoms with Crippen molar-refractivity contribution >= 4 is 23.5 Å². The summed E-state index contributed by atoms with van der Waals surface area (Å²) in [4.78, 5) is 1.47. The van der Waals surface area contributed by atoms with Crippen LogP contribution in [-0.4, -0.2) is 31.0 Å². The summed E-state index contributed by atoms with van der Waals surface area (Å²) in [6.07, 6.45) is 22.8. The standard InChI is InChI=1S/C22H42OS2/c1-4-17-22(24-3)18-14-12-10-8-6-7-9-11-13-15-20-25-21-16-19-23-5-2/h4,17H,1,5-16,18-21H2,2-3H3/b22-17-. The van der Waals surface area contributed by atoms with E-state index in [4.69, 9.17) is 4.74 Å². The predicted molar refractivity (Wildman–Crippen MR) is 121 cm³/mol. The van der Waals surface area contributed by atoms with Gasteiger partial charge in [-0.1, -0.05) is 70.1 Å². The Kier molecular flexibility index (Phi) is 22.3. The van der Waals surface area contributed by atoms with E-state index in [0.717, 1.165) is 13.2 Å². The van der Waals surface area contributed by atoms with Gasteiger partial charge >= 0.3 is 0 Å². The molecule has 0 amide bonds. The van der Waals surface area contributed by atoms with E-state index in [1.807, 2.05) is 17.8 Å². The number of rotatable bonds is 20. The van der Waals surface area contributed by atoms with Crippen LogP contribution in [0.1, 0.15) is 84.0 Å². The molecule has 0 spiro atoms. The fourth-order valence-electron chi connectivity index (χ4n) is 2.81. The Morgan fingerprint density at radius 3 is 1.96 bits per heavy atom. The molecule has 0 aromatic carbocycles. The third-order valence-corrected chi connectivity index (χ3v) is 6.33. The predicted octanol–water partition coefficient (Wildman–Crippen LogP) is 7.87. The summed E-state index contributed by atoms with van der Waals surface area (Å²) in [5, 5.41) is 0. The van der Waals surface area contributed by atoms with Crippen LogP contribution in [-0.2, 0) is 4.74 Å². The average Bonchev–Trinajstić information content (AvgIpc) is 2.63. The van der Waals surface area contributed by atoms with Crippen LogP contribution in [0.5, 0.6) is 0 Å². The maximum atomic E-state index is 5.35. The summed E-state index contributed by atoms with van der Waals surface area (Å²) in [6.45, 7) is 7.64. The quantitative estimate of drug-likeness (QED) is 0.156. The van der Waals surface area contributed by atoms with Crippen LogP contribution >= 0.6 is 23.5 Å². The molecule has 0 saturated heterocycles. The second-order valence-electron chi connectivity index (χ2n) is 6.52. The monoisotopic (exact) mass is 386 g/mol. The number of allylic oxidation sites excluding steroid dienone is 3. The highest BCUT2D eigenvalue weighted by atomic mass is 32.2. The van der Waals surface area contributed by atoms with Gasteiger partial charge in [-0.05, 0) is 55.3 Å². The van der Waals surface area contributed by atoms with Gasteiger partial charge in [-0.15, -0.1) is 11.8 Å². The molecule has 0 atom stereocenters. The molecule has 0 heterocycles. The second-order valence-corrected chi connectivity index (χ2v) is 8.68. The first-order chi connectivity index (χ1) is 12.3. The molecule has 0 rings (SSSR count). The molecule has 0 aliphatic heterocycles. The topological polar surface area (TPSA) is 9.23 Å². The fraction of sp³-hybridized carbons (Fsp3) is 0.818. The summed E-state index contributed by atoms with van der Waals surface area (Å²) in [5.41, 5.74) is 0. The van der Waals surface area contributed by atoms with E-state index in [1.165, 1.54) is 93.5 Å². The van der Waals surface area contributed by atoms with E-state index < -0.39 is 0 Å². The Morgan fingerprint density at radius 1 is 0.840 bits per heavy atom. The maximum Gasteiger partial charge on any atom is 0.0473 e. The Bertz CT molecular complexity index is 302. The van der Waals surface area contributed by atoms with E-state index in [0.29, 0.717) is 0 Å². The zero-order valence-electron chi connectivity index (χ0n) is 16.9. The van der Waals surface area contributed by atoms with Crippen molar-refractivity contribution in [1.29, 1.82) is 0 Å². The molecule has 0 saturated carbocycles. The van der Waals surface area contributed by atoms with Crippen LogP contribution in [0.4, 0.5) is 0 Å². The van der Waals surface area contributed by atoms with Gasteiger partial charge in [0.25, 0.3) is 0 Å². The lowest BCUT2D eigenvalue weighted by molar-refractivity contribution is 0.149. The molecule has 0 aromatic heterocycles. The summed E-state index contributed by atoms with van der Waals surface area (Å²) in [6, 6.07) is 0. The highest BCUT2D eigenvalue weighted by Crippen LogP contribution is 2.20. The third kappa shape index (κ3) is 20.3. The van der Waals surface area contributed by atoms with Crippen molar-refractivity contribution < 1.29 is 4.74 Å². The molecule has 3 heteroatoms. The molecule has 0 aromatic rings. The maximum absolute atomic E-state index is 5.35. The van der Waals surface area contributed by atoms with Crippen molar-refractivity contribution in [2.24, 2.45) is 0 Å². The van der Waals surface area contributed by atoms with Gasteiger partial charge in [0.15, 0.2) is 0 Å². The van der Waals surface area contributed by atoms with Crippen molar-refractivity contribution in [3.8, 4) is 0 Å². The van der Waals surface area contributed by atoms with Crippen LogP contribution in [0.2, 0.25) is 0 Å². The van der Waals surface area contributed by atoms with Crippen LogP contribution in [0, 0.1) is 0 Å². The van der Waals surface area contributed by atoms with E-state index in [2.05, 4.69) is 37.6 Å². The SMILES string of the molecule is C=C/C=C(/CCCCCCCCCCCCSCCCOCC)SC. The van der Waals surface area contributed by atoms with Crippen LogP contribution in [0.3, 0.4) is 0 Å². The van der Waals surface area contributed by atoms with Gasteiger partial charge in [0.05, 0.1) is 0 Å². The highest BCUT2D eigenvalue weighted by Gasteiger charge is 1.96. The summed E-state index contributed by atoms with van der Waals surface area (Å²) in [5.74, 6) is 2.60. The van der Waals surface area contributed by atoms with Gasteiger partial charge < -0.3 is 4.74 Å². The van der Waals surface area contributed by atoms with Crippen molar-refractivity contribution in [3.05, 3.63) is 23.6 Å². The number of hydrogen-bond acceptors (Lipinski definition) is 3. The van der Waals surface area contributed by atoms with Crippen LogP contribution < -0.4 is 0 Å². The van der Waals surface area contributed by atoms with Crippen molar-refractivity contribution in [1.82, 2.24) is 0 Å². The van der Waals surface area contributed by atoms with E-state index in [1.54, 1.807) is 0 Å². The summed E-state index contributed by atoms with van der Waals surface area (Å²) < 4.78 is 5.35. The van der Waals surface area contributed by atoms with Gasteiger partial charge in [-0.25, -0.2) is 0 Å². The smallest absolute Gasteiger partial charge is 0.0473 e. The Morgan fingerprint density at radius 2 is 1.40 bits per heavy atom. The third-order valence-electron chi connectivity index (χ3n) is 4.31. The minimum atomic E-state index is 0.858. The molecule has 0 unspecified atom stereocenters. The summed E-state index contributed by atoms with van der Waals surface area (Å²) in [7, 11) is 0. The first kappa shape index (κ1) is 25.1. The molecule has 0 fully saturated rings. The van der Waals surface area contributed by atoms with Crippen LogP contribution in [0.15, 0.2) is 23.6 Å². The van der Waals surface area contributed by atoms with Gasteiger partial charge in [-0.3, -0.25) is 0 Å². The lowest BCUT2D eigenvalue weighted by atomic mass is 10.1. The van der Waals surface area contributed by atoms with Gasteiger partial charge in [0.2, 0.25) is 0 Å². The Hall–Kier alpha value is 0.140. The van der Waals surface area contributed by atoms with E-state index in [9.17, 15) is 0 Å². The van der Waals surface area contributed by atoms with Gasteiger partial charge in [-0.2, -0.15) is 11.8 Å². The number of unbranched alkanes of at least 4 members (excludes halogenated alkanes) is 9. The molecule has 0 N–H and O–H groups in total. The highest BCUT2D eigenvalue weighted by molar-refractivity contribution is 8.02. The Balaban J connectivity index is 3.12. The van der Waals surface area contributed by atoms with Crippen molar-refractivity contribution in [2.75, 3.05) is 31.0 Å². The van der Waals surface area contributed by atoms with Crippen molar-refractivity contribution in [3.63, 3.8) is 0 Å². The zero-order valence-corrected chi connectivity index (χ0v) is 18.5.